The number of ether oxygens (including phenoxy) is 1. The average Bonchev–Trinajstić information content (AvgIpc) is 2.12. The molecule has 0 aliphatic carbocycles. The van der Waals surface area contributed by atoms with Crippen molar-refractivity contribution in [2.24, 2.45) is 0 Å². The Morgan fingerprint density at radius 1 is 1.16 bits per heavy atom. The number of carbonyl (C=O) groups is 1. The average molecular weight is 292 g/mol. The van der Waals surface area contributed by atoms with Crippen molar-refractivity contribution in [2.75, 3.05) is 12.8 Å². The third kappa shape index (κ3) is 8.98. The van der Waals surface area contributed by atoms with Gasteiger partial charge in [-0.2, -0.15) is 0 Å². The molecule has 0 aromatic carbocycles. The fourth-order valence-electron chi connectivity index (χ4n) is 1.48. The van der Waals surface area contributed by atoms with E-state index in [1.165, 1.54) is 6.08 Å². The van der Waals surface area contributed by atoms with Gasteiger partial charge in [-0.05, 0) is 41.5 Å². The van der Waals surface area contributed by atoms with Crippen molar-refractivity contribution in [1.29, 1.82) is 0 Å². The van der Waals surface area contributed by atoms with Crippen molar-refractivity contribution in [3.8, 4) is 0 Å². The Morgan fingerprint density at radius 2 is 1.63 bits per heavy atom. The first kappa shape index (κ1) is 18.4. The van der Waals surface area contributed by atoms with E-state index in [1.54, 1.807) is 41.5 Å². The molecule has 6 heteroatoms. The van der Waals surface area contributed by atoms with E-state index in [0.717, 1.165) is 0 Å². The fraction of sp³-hybridized carbons (Fsp3) is 0.769. The Balaban J connectivity index is 4.81. The van der Waals surface area contributed by atoms with Gasteiger partial charge in [0.15, 0.2) is 0 Å². The van der Waals surface area contributed by atoms with Crippen LogP contribution in [0.1, 0.15) is 41.5 Å². The van der Waals surface area contributed by atoms with Crippen LogP contribution in [-0.4, -0.2) is 30.9 Å². The van der Waals surface area contributed by atoms with Crippen LogP contribution in [0.15, 0.2) is 11.6 Å². The van der Waals surface area contributed by atoms with Crippen LogP contribution in [0, 0.1) is 0 Å². The summed E-state index contributed by atoms with van der Waals surface area (Å²) in [6, 6.07) is 0. The molecule has 0 aliphatic rings. The standard InChI is InChI=1S/C13H25O5P/c1-7-16-13(14)8-12(6)9-19(15,17-10(2)3)18-11(4)5/h8,10-11H,7,9H2,1-6H3/b12-8+. The van der Waals surface area contributed by atoms with Crippen LogP contribution in [0.3, 0.4) is 0 Å². The molecule has 0 rings (SSSR count). The second-order valence-electron chi connectivity index (χ2n) is 4.82. The van der Waals surface area contributed by atoms with E-state index in [2.05, 4.69) is 0 Å². The molecule has 0 spiro atoms. The molecule has 0 fully saturated rings. The normalized spacial score (nSPS) is 13.2. The molecule has 0 aliphatic heterocycles. The minimum absolute atomic E-state index is 0.0855. The Bertz CT molecular complexity index is 346. The number of hydrogen-bond donors (Lipinski definition) is 0. The van der Waals surface area contributed by atoms with Crippen molar-refractivity contribution < 1.29 is 23.1 Å². The molecule has 0 radical (unpaired) electrons. The lowest BCUT2D eigenvalue weighted by Crippen LogP contribution is -2.11. The molecule has 0 amide bonds. The SMILES string of the molecule is CCOC(=O)/C=C(\C)CP(=O)(OC(C)C)OC(C)C. The van der Waals surface area contributed by atoms with Gasteiger partial charge in [-0.15, -0.1) is 0 Å². The summed E-state index contributed by atoms with van der Waals surface area (Å²) in [5.74, 6) is -0.444. The smallest absolute Gasteiger partial charge is 0.335 e. The van der Waals surface area contributed by atoms with E-state index < -0.39 is 13.6 Å². The van der Waals surface area contributed by atoms with Gasteiger partial charge >= 0.3 is 13.6 Å². The minimum atomic E-state index is -3.24. The lowest BCUT2D eigenvalue weighted by Gasteiger charge is -2.22. The maximum Gasteiger partial charge on any atom is 0.335 e. The highest BCUT2D eigenvalue weighted by atomic mass is 31.2. The van der Waals surface area contributed by atoms with E-state index in [-0.39, 0.29) is 18.4 Å². The number of esters is 1. The number of allylic oxidation sites excluding steroid dienone is 1. The molecule has 0 saturated carbocycles. The van der Waals surface area contributed by atoms with Crippen LogP contribution in [0.2, 0.25) is 0 Å². The summed E-state index contributed by atoms with van der Waals surface area (Å²) < 4.78 is 28.2. The summed E-state index contributed by atoms with van der Waals surface area (Å²) in [7, 11) is -3.24. The first-order valence-electron chi connectivity index (χ1n) is 6.48. The Kier molecular flexibility index (Phi) is 8.23. The summed E-state index contributed by atoms with van der Waals surface area (Å²) in [5, 5.41) is 0. The van der Waals surface area contributed by atoms with Crippen LogP contribution in [0.5, 0.6) is 0 Å². The molecule has 0 heterocycles. The zero-order valence-corrected chi connectivity index (χ0v) is 13.5. The molecule has 19 heavy (non-hydrogen) atoms. The first-order valence-corrected chi connectivity index (χ1v) is 8.21. The van der Waals surface area contributed by atoms with E-state index in [4.69, 9.17) is 13.8 Å². The summed E-state index contributed by atoms with van der Waals surface area (Å²) in [6.07, 6.45) is 0.992. The van der Waals surface area contributed by atoms with Gasteiger partial charge in [0.05, 0.1) is 25.0 Å². The van der Waals surface area contributed by atoms with Crippen LogP contribution in [0.4, 0.5) is 0 Å². The molecule has 0 aromatic heterocycles. The van der Waals surface area contributed by atoms with Gasteiger partial charge < -0.3 is 13.8 Å². The van der Waals surface area contributed by atoms with Gasteiger partial charge in [0, 0.05) is 6.08 Å². The zero-order chi connectivity index (χ0) is 15.1. The lowest BCUT2D eigenvalue weighted by molar-refractivity contribution is -0.137. The monoisotopic (exact) mass is 292 g/mol. The quantitative estimate of drug-likeness (QED) is 0.389. The van der Waals surface area contributed by atoms with Gasteiger partial charge in [0.2, 0.25) is 0 Å². The van der Waals surface area contributed by atoms with Crippen molar-refractivity contribution in [2.45, 2.75) is 53.8 Å². The molecule has 0 unspecified atom stereocenters. The zero-order valence-electron chi connectivity index (χ0n) is 12.6. The van der Waals surface area contributed by atoms with Crippen molar-refractivity contribution in [1.82, 2.24) is 0 Å². The molecule has 0 bridgehead atoms. The Labute approximate surface area is 115 Å². The molecular formula is C13H25O5P. The molecular weight excluding hydrogens is 267 g/mol. The first-order chi connectivity index (χ1) is 8.68. The Hall–Kier alpha value is -0.640. The summed E-state index contributed by atoms with van der Waals surface area (Å²) in [5.41, 5.74) is 0.614. The van der Waals surface area contributed by atoms with Gasteiger partial charge in [0.1, 0.15) is 0 Å². The summed E-state index contributed by atoms with van der Waals surface area (Å²) >= 11 is 0. The molecule has 112 valence electrons. The van der Waals surface area contributed by atoms with Crippen LogP contribution >= 0.6 is 7.60 Å². The minimum Gasteiger partial charge on any atom is -0.463 e. The number of carbonyl (C=O) groups excluding carboxylic acids is 1. The second-order valence-corrected chi connectivity index (χ2v) is 6.78. The number of rotatable bonds is 8. The third-order valence-electron chi connectivity index (χ3n) is 1.84. The van der Waals surface area contributed by atoms with Crippen LogP contribution < -0.4 is 0 Å². The van der Waals surface area contributed by atoms with E-state index >= 15 is 0 Å². The maximum absolute atomic E-state index is 12.5. The van der Waals surface area contributed by atoms with E-state index in [1.807, 2.05) is 0 Å². The van der Waals surface area contributed by atoms with Gasteiger partial charge in [-0.3, -0.25) is 4.57 Å². The Morgan fingerprint density at radius 3 is 2.00 bits per heavy atom. The topological polar surface area (TPSA) is 61.8 Å². The lowest BCUT2D eigenvalue weighted by atomic mass is 10.3. The van der Waals surface area contributed by atoms with Crippen molar-refractivity contribution in [3.05, 3.63) is 11.6 Å². The predicted molar refractivity (Wildman–Crippen MR) is 75.3 cm³/mol. The maximum atomic E-state index is 12.5. The third-order valence-corrected chi connectivity index (χ3v) is 4.21. The van der Waals surface area contributed by atoms with Crippen LogP contribution in [-0.2, 0) is 23.1 Å². The van der Waals surface area contributed by atoms with Crippen molar-refractivity contribution in [3.63, 3.8) is 0 Å². The molecule has 5 nitrogen and oxygen atoms in total. The number of hydrogen-bond acceptors (Lipinski definition) is 5. The van der Waals surface area contributed by atoms with Crippen molar-refractivity contribution >= 4 is 13.6 Å². The molecule has 0 N–H and O–H groups in total. The molecule has 0 saturated heterocycles. The second kappa shape index (κ2) is 8.51. The van der Waals surface area contributed by atoms with Gasteiger partial charge in [-0.25, -0.2) is 4.79 Å². The fourth-order valence-corrected chi connectivity index (χ4v) is 3.66. The van der Waals surface area contributed by atoms with Gasteiger partial charge in [0.25, 0.3) is 0 Å². The largest absolute Gasteiger partial charge is 0.463 e. The van der Waals surface area contributed by atoms with E-state index in [0.29, 0.717) is 12.2 Å². The predicted octanol–water partition coefficient (Wildman–Crippen LogP) is 3.54. The summed E-state index contributed by atoms with van der Waals surface area (Å²) in [4.78, 5) is 11.3. The van der Waals surface area contributed by atoms with E-state index in [9.17, 15) is 9.36 Å². The van der Waals surface area contributed by atoms with Crippen LogP contribution in [0.25, 0.3) is 0 Å². The highest BCUT2D eigenvalue weighted by Crippen LogP contribution is 2.51. The molecule has 0 atom stereocenters. The molecule has 0 aromatic rings. The highest BCUT2D eigenvalue weighted by molar-refractivity contribution is 7.54. The highest BCUT2D eigenvalue weighted by Gasteiger charge is 2.28. The summed E-state index contributed by atoms with van der Waals surface area (Å²) in [6.45, 7) is 10.9. The van der Waals surface area contributed by atoms with Gasteiger partial charge in [-0.1, -0.05) is 5.57 Å².